The Kier molecular flexibility index (Phi) is 6.51. The van der Waals surface area contributed by atoms with E-state index in [1.807, 2.05) is 6.20 Å². The van der Waals surface area contributed by atoms with E-state index < -0.39 is 0 Å². The molecule has 3 heterocycles. The van der Waals surface area contributed by atoms with E-state index >= 15 is 0 Å². The largest absolute Gasteiger partial charge is 0.350 e. The van der Waals surface area contributed by atoms with Crippen LogP contribution in [0.15, 0.2) is 134 Å². The lowest BCUT2D eigenvalue weighted by Crippen LogP contribution is -2.34. The smallest absolute Gasteiger partial charge is 0.138 e. The average Bonchev–Trinajstić information content (AvgIpc) is 3.59. The third kappa shape index (κ3) is 4.51. The van der Waals surface area contributed by atoms with Crippen LogP contribution >= 0.6 is 0 Å². The van der Waals surface area contributed by atoms with Crippen LogP contribution in [0.4, 0.5) is 5.69 Å². The van der Waals surface area contributed by atoms with Crippen molar-refractivity contribution in [2.45, 2.75) is 38.3 Å². The van der Waals surface area contributed by atoms with Gasteiger partial charge in [0.2, 0.25) is 0 Å². The maximum absolute atomic E-state index is 4.93. The highest BCUT2D eigenvalue weighted by molar-refractivity contribution is 6.09. The van der Waals surface area contributed by atoms with Crippen molar-refractivity contribution in [3.05, 3.63) is 150 Å². The van der Waals surface area contributed by atoms with Gasteiger partial charge in [0.1, 0.15) is 5.82 Å². The molecule has 1 aliphatic heterocycles. The number of anilines is 1. The van der Waals surface area contributed by atoms with Crippen LogP contribution in [0.25, 0.3) is 38.8 Å². The molecule has 6 aromatic rings. The van der Waals surface area contributed by atoms with E-state index in [1.54, 1.807) is 0 Å². The van der Waals surface area contributed by atoms with Crippen molar-refractivity contribution in [2.24, 2.45) is 0 Å². The van der Waals surface area contributed by atoms with Crippen LogP contribution in [-0.4, -0.2) is 40.3 Å². The summed E-state index contributed by atoms with van der Waals surface area (Å²) in [5.41, 5.74) is 9.66. The van der Waals surface area contributed by atoms with Gasteiger partial charge in [0.05, 0.1) is 29.8 Å². The van der Waals surface area contributed by atoms with Gasteiger partial charge in [-0.15, -0.1) is 0 Å². The van der Waals surface area contributed by atoms with E-state index in [2.05, 4.69) is 170 Å². The molecule has 0 bridgehead atoms. The molecule has 0 saturated carbocycles. The predicted octanol–water partition coefficient (Wildman–Crippen LogP) is 9.05. The van der Waals surface area contributed by atoms with Crippen LogP contribution in [0, 0.1) is 6.92 Å². The average molecular weight is 587 g/mol. The Bertz CT molecular complexity index is 2130. The molecule has 0 N–H and O–H groups in total. The van der Waals surface area contributed by atoms with Crippen molar-refractivity contribution in [1.29, 1.82) is 0 Å². The number of para-hydroxylation sites is 1. The minimum atomic E-state index is -0.213. The normalized spacial score (nSPS) is 18.3. The minimum absolute atomic E-state index is 0.213. The molecule has 8 rings (SSSR count). The van der Waals surface area contributed by atoms with E-state index in [1.165, 1.54) is 55.3 Å². The zero-order valence-corrected chi connectivity index (χ0v) is 26.4. The summed E-state index contributed by atoms with van der Waals surface area (Å²) < 4.78 is 2.34. The summed E-state index contributed by atoms with van der Waals surface area (Å²) in [7, 11) is 2.22. The summed E-state index contributed by atoms with van der Waals surface area (Å²) in [6, 6.07) is 38.5. The molecule has 0 radical (unpaired) electrons. The molecule has 1 saturated heterocycles. The van der Waals surface area contributed by atoms with E-state index in [-0.39, 0.29) is 5.41 Å². The number of aromatic nitrogens is 2. The monoisotopic (exact) mass is 586 g/mol. The van der Waals surface area contributed by atoms with E-state index in [0.29, 0.717) is 12.1 Å². The van der Waals surface area contributed by atoms with Gasteiger partial charge in [0, 0.05) is 28.1 Å². The first-order chi connectivity index (χ1) is 21.9. The van der Waals surface area contributed by atoms with Gasteiger partial charge in [-0.3, -0.25) is 9.47 Å². The molecule has 2 aromatic heterocycles. The minimum Gasteiger partial charge on any atom is -0.350 e. The number of hydrogen-bond acceptors (Lipinski definition) is 3. The number of fused-ring (bicyclic) bond motifs is 4. The van der Waals surface area contributed by atoms with Gasteiger partial charge in [-0.05, 0) is 78.2 Å². The zero-order valence-electron chi connectivity index (χ0n) is 26.4. The number of hydrogen-bond donors (Lipinski definition) is 0. The standard InChI is InChI=1S/C41H38N4/c1-28-12-5-6-15-33(28)29-22-23-42-40(24-29)45-36-17-8-7-16-34(36)35-21-20-31(26-39(35)45)41(2,3)30-13-11-14-32(25-30)44-27-43(4)37-18-9-10-19-38(37)44/h5-26,37-38H,27H2,1-4H3. The summed E-state index contributed by atoms with van der Waals surface area (Å²) in [5.74, 6) is 0.932. The zero-order chi connectivity index (χ0) is 30.7. The SMILES string of the molecule is Cc1ccccc1-c1ccnc(-n2c3ccccc3c3ccc(C(C)(C)c4cccc(N5CN(C)C6C=CC=CC65)c4)cc32)c1. The first kappa shape index (κ1) is 27.6. The lowest BCUT2D eigenvalue weighted by molar-refractivity contribution is 0.353. The molecule has 222 valence electrons. The van der Waals surface area contributed by atoms with Crippen LogP contribution < -0.4 is 4.90 Å². The molecule has 1 fully saturated rings. The highest BCUT2D eigenvalue weighted by atomic mass is 15.4. The maximum atomic E-state index is 4.93. The fraction of sp³-hybridized carbons (Fsp3) is 0.195. The second-order valence-electron chi connectivity index (χ2n) is 13.1. The van der Waals surface area contributed by atoms with Crippen molar-refractivity contribution >= 4 is 27.5 Å². The number of rotatable bonds is 5. The van der Waals surface area contributed by atoms with Crippen molar-refractivity contribution < 1.29 is 0 Å². The lowest BCUT2D eigenvalue weighted by Gasteiger charge is -2.30. The van der Waals surface area contributed by atoms with Gasteiger partial charge in [-0.2, -0.15) is 0 Å². The Hall–Kier alpha value is -4.93. The Morgan fingerprint density at radius 1 is 0.711 bits per heavy atom. The van der Waals surface area contributed by atoms with Crippen molar-refractivity contribution in [3.8, 4) is 16.9 Å². The Labute approximate surface area is 265 Å². The molecule has 4 heteroatoms. The van der Waals surface area contributed by atoms with Crippen molar-refractivity contribution in [2.75, 3.05) is 18.6 Å². The first-order valence-electron chi connectivity index (χ1n) is 15.9. The van der Waals surface area contributed by atoms with Gasteiger partial charge in [-0.25, -0.2) is 4.98 Å². The van der Waals surface area contributed by atoms with Gasteiger partial charge in [-0.1, -0.05) is 105 Å². The van der Waals surface area contributed by atoms with Gasteiger partial charge in [0.15, 0.2) is 0 Å². The summed E-state index contributed by atoms with van der Waals surface area (Å²) in [6.07, 6.45) is 10.9. The number of aryl methyl sites for hydroxylation is 1. The molecule has 2 unspecified atom stereocenters. The Morgan fingerprint density at radius 2 is 1.47 bits per heavy atom. The Morgan fingerprint density at radius 3 is 2.33 bits per heavy atom. The molecule has 1 aliphatic carbocycles. The summed E-state index contributed by atoms with van der Waals surface area (Å²) >= 11 is 0. The number of allylic oxidation sites excluding steroid dienone is 2. The van der Waals surface area contributed by atoms with Crippen LogP contribution in [0.5, 0.6) is 0 Å². The molecule has 0 spiro atoms. The molecule has 0 amide bonds. The highest BCUT2D eigenvalue weighted by Crippen LogP contribution is 2.40. The molecule has 45 heavy (non-hydrogen) atoms. The number of pyridine rings is 1. The molecular formula is C41H38N4. The molecular weight excluding hydrogens is 548 g/mol. The van der Waals surface area contributed by atoms with Crippen LogP contribution in [0.3, 0.4) is 0 Å². The van der Waals surface area contributed by atoms with Crippen LogP contribution in [0.1, 0.15) is 30.5 Å². The lowest BCUT2D eigenvalue weighted by atomic mass is 9.77. The van der Waals surface area contributed by atoms with Crippen LogP contribution in [0.2, 0.25) is 0 Å². The van der Waals surface area contributed by atoms with Crippen molar-refractivity contribution in [1.82, 2.24) is 14.5 Å². The molecule has 4 nitrogen and oxygen atoms in total. The maximum Gasteiger partial charge on any atom is 0.138 e. The quantitative estimate of drug-likeness (QED) is 0.201. The van der Waals surface area contributed by atoms with Gasteiger partial charge < -0.3 is 4.90 Å². The number of nitrogens with zero attached hydrogens (tertiary/aromatic N) is 4. The fourth-order valence-corrected chi connectivity index (χ4v) is 7.41. The molecule has 2 aliphatic rings. The second-order valence-corrected chi connectivity index (χ2v) is 13.1. The summed E-state index contributed by atoms with van der Waals surface area (Å²) in [5, 5.41) is 2.48. The third-order valence-electron chi connectivity index (χ3n) is 10.0. The summed E-state index contributed by atoms with van der Waals surface area (Å²) in [6.45, 7) is 7.77. The first-order valence-corrected chi connectivity index (χ1v) is 15.9. The Balaban J connectivity index is 1.24. The predicted molar refractivity (Wildman–Crippen MR) is 188 cm³/mol. The van der Waals surface area contributed by atoms with Gasteiger partial charge >= 0.3 is 0 Å². The van der Waals surface area contributed by atoms with E-state index in [0.717, 1.165) is 12.5 Å². The number of benzene rings is 4. The fourth-order valence-electron chi connectivity index (χ4n) is 7.41. The van der Waals surface area contributed by atoms with E-state index in [4.69, 9.17) is 4.98 Å². The van der Waals surface area contributed by atoms with Crippen molar-refractivity contribution in [3.63, 3.8) is 0 Å². The highest BCUT2D eigenvalue weighted by Gasteiger charge is 2.36. The second kappa shape index (κ2) is 10.6. The topological polar surface area (TPSA) is 24.3 Å². The summed E-state index contributed by atoms with van der Waals surface area (Å²) in [4.78, 5) is 9.88. The van der Waals surface area contributed by atoms with E-state index in [9.17, 15) is 0 Å². The third-order valence-corrected chi connectivity index (χ3v) is 10.0. The molecule has 4 aromatic carbocycles. The van der Waals surface area contributed by atoms with Gasteiger partial charge in [0.25, 0.3) is 0 Å². The number of likely N-dealkylation sites (N-methyl/N-ethyl adjacent to an activating group) is 1. The van der Waals surface area contributed by atoms with Crippen LogP contribution in [-0.2, 0) is 5.41 Å². The molecule has 2 atom stereocenters.